The van der Waals surface area contributed by atoms with Gasteiger partial charge in [-0.15, -0.1) is 0 Å². The Morgan fingerprint density at radius 2 is 1.94 bits per heavy atom. The first kappa shape index (κ1) is 13.9. The van der Waals surface area contributed by atoms with Crippen molar-refractivity contribution in [2.75, 3.05) is 0 Å². The second kappa shape index (κ2) is 4.60. The molecule has 1 atom stereocenters. The second-order valence-electron chi connectivity index (χ2n) is 3.43. The molecule has 0 heterocycles. The van der Waals surface area contributed by atoms with Crippen LogP contribution >= 0.6 is 0 Å². The molecule has 16 heavy (non-hydrogen) atoms. The van der Waals surface area contributed by atoms with E-state index in [0.29, 0.717) is 5.56 Å². The number of fused-ring (bicyclic) bond motifs is 1. The molecule has 80 valence electrons. The summed E-state index contributed by atoms with van der Waals surface area (Å²) in [5.41, 5.74) is 0.716. The van der Waals surface area contributed by atoms with Crippen LogP contribution in [-0.4, -0.2) is 18.1 Å². The summed E-state index contributed by atoms with van der Waals surface area (Å²) >= 11 is 0. The average Bonchev–Trinajstić information content (AvgIpc) is 2.17. The van der Waals surface area contributed by atoms with E-state index in [4.69, 9.17) is 0 Å². The molecule has 0 fully saturated rings. The van der Waals surface area contributed by atoms with Gasteiger partial charge in [0.15, 0.2) is 4.93 Å². The maximum absolute atomic E-state index is 11.0. The van der Waals surface area contributed by atoms with Crippen molar-refractivity contribution in [3.8, 4) is 0 Å². The summed E-state index contributed by atoms with van der Waals surface area (Å²) in [6.45, 7) is 0. The molecule has 0 amide bonds. The molecule has 1 aromatic carbocycles. The topological polar surface area (TPSA) is 77.4 Å². The molecule has 1 N–H and O–H groups in total. The van der Waals surface area contributed by atoms with Gasteiger partial charge in [-0.2, -0.15) is 0 Å². The quantitative estimate of drug-likeness (QED) is 0.452. The molecule has 6 heteroatoms. The summed E-state index contributed by atoms with van der Waals surface area (Å²) in [5, 5.41) is 9.91. The zero-order valence-electron chi connectivity index (χ0n) is 8.75. The first-order chi connectivity index (χ1) is 6.95. The van der Waals surface area contributed by atoms with Crippen molar-refractivity contribution in [3.63, 3.8) is 0 Å². The third kappa shape index (κ3) is 2.11. The summed E-state index contributed by atoms with van der Waals surface area (Å²) in [6.07, 6.45) is 2.97. The smallest absolute Gasteiger partial charge is 0.745 e. The Morgan fingerprint density at radius 1 is 1.31 bits per heavy atom. The van der Waals surface area contributed by atoms with Gasteiger partial charge < -0.3 is 9.66 Å². The molecule has 1 aromatic rings. The fourth-order valence-electron chi connectivity index (χ4n) is 1.69. The van der Waals surface area contributed by atoms with Gasteiger partial charge in [-0.05, 0) is 5.56 Å². The number of aliphatic hydroxyl groups is 1. The van der Waals surface area contributed by atoms with Crippen LogP contribution in [0.15, 0.2) is 30.3 Å². The zero-order chi connectivity index (χ0) is 11.1. The molecular formula is C10H9NaO4S. The number of rotatable bonds is 1. The normalized spacial score (nSPS) is 23.4. The molecule has 0 aliphatic heterocycles. The first-order valence-corrected chi connectivity index (χ1v) is 5.80. The number of hydrogen-bond acceptors (Lipinski definition) is 4. The zero-order valence-corrected chi connectivity index (χ0v) is 11.6. The molecule has 2 rings (SSSR count). The van der Waals surface area contributed by atoms with Gasteiger partial charge >= 0.3 is 29.6 Å². The minimum atomic E-state index is -4.78. The van der Waals surface area contributed by atoms with Crippen LogP contribution < -0.4 is 29.6 Å². The monoisotopic (exact) mass is 248 g/mol. The summed E-state index contributed by atoms with van der Waals surface area (Å²) < 4.78 is 33.1. The van der Waals surface area contributed by atoms with E-state index in [1.165, 1.54) is 12.1 Å². The van der Waals surface area contributed by atoms with Gasteiger partial charge in [0.2, 0.25) is 0 Å². The van der Waals surface area contributed by atoms with Crippen molar-refractivity contribution < 1.29 is 47.6 Å². The molecule has 0 saturated carbocycles. The third-order valence-corrected chi connectivity index (χ3v) is 3.70. The second-order valence-corrected chi connectivity index (χ2v) is 5.02. The van der Waals surface area contributed by atoms with E-state index in [-0.39, 0.29) is 41.5 Å². The fraction of sp³-hybridized carbons (Fsp3) is 0.200. The molecule has 1 aliphatic rings. The van der Waals surface area contributed by atoms with Crippen LogP contribution in [0.1, 0.15) is 17.5 Å². The Bertz CT molecular complexity index is 523. The predicted octanol–water partition coefficient (Wildman–Crippen LogP) is -2.20. The Balaban J connectivity index is 0.00000128. The minimum Gasteiger partial charge on any atom is -0.745 e. The summed E-state index contributed by atoms with van der Waals surface area (Å²) in [5.74, 6) is 0. The molecule has 0 saturated heterocycles. The van der Waals surface area contributed by atoms with Crippen molar-refractivity contribution in [1.82, 2.24) is 0 Å². The van der Waals surface area contributed by atoms with Crippen molar-refractivity contribution in [2.24, 2.45) is 0 Å². The maximum Gasteiger partial charge on any atom is 1.00 e. The van der Waals surface area contributed by atoms with E-state index in [2.05, 4.69) is 0 Å². The van der Waals surface area contributed by atoms with Crippen molar-refractivity contribution in [1.29, 1.82) is 0 Å². The van der Waals surface area contributed by atoms with Crippen LogP contribution in [0.2, 0.25) is 0 Å². The summed E-state index contributed by atoms with van der Waals surface area (Å²) in [6, 6.07) is 6.41. The van der Waals surface area contributed by atoms with Crippen LogP contribution in [0, 0.1) is 0 Å². The molecule has 4 nitrogen and oxygen atoms in total. The van der Waals surface area contributed by atoms with E-state index >= 15 is 0 Å². The van der Waals surface area contributed by atoms with Gasteiger partial charge in [0, 0.05) is 12.0 Å². The molecule has 0 spiro atoms. The Labute approximate surface area is 116 Å². The van der Waals surface area contributed by atoms with E-state index in [9.17, 15) is 18.1 Å². The third-order valence-electron chi connectivity index (χ3n) is 2.49. The van der Waals surface area contributed by atoms with Crippen molar-refractivity contribution >= 4 is 16.2 Å². The molecule has 1 unspecified atom stereocenters. The Morgan fingerprint density at radius 3 is 2.56 bits per heavy atom. The molecule has 0 aromatic heterocycles. The van der Waals surface area contributed by atoms with Gasteiger partial charge in [-0.3, -0.25) is 0 Å². The summed E-state index contributed by atoms with van der Waals surface area (Å²) in [7, 11) is -4.78. The Kier molecular flexibility index (Phi) is 3.99. The van der Waals surface area contributed by atoms with Gasteiger partial charge in [0.25, 0.3) is 0 Å². The summed E-state index contributed by atoms with van der Waals surface area (Å²) in [4.78, 5) is -2.32. The van der Waals surface area contributed by atoms with Crippen molar-refractivity contribution in [3.05, 3.63) is 41.5 Å². The Hall–Kier alpha value is -0.170. The van der Waals surface area contributed by atoms with Crippen LogP contribution in [-0.2, 0) is 15.1 Å². The van der Waals surface area contributed by atoms with E-state index < -0.39 is 15.1 Å². The molecule has 1 aliphatic carbocycles. The number of benzene rings is 1. The van der Waals surface area contributed by atoms with E-state index in [1.54, 1.807) is 24.3 Å². The first-order valence-electron chi connectivity index (χ1n) is 4.39. The predicted molar refractivity (Wildman–Crippen MR) is 53.7 cm³/mol. The maximum atomic E-state index is 11.0. The van der Waals surface area contributed by atoms with Crippen LogP contribution in [0.25, 0.3) is 6.08 Å². The van der Waals surface area contributed by atoms with E-state index in [0.717, 1.165) is 0 Å². The SMILES string of the molecule is O=S(=O)([O-])C1(O)CC=Cc2ccccc21.[Na+]. The fourth-order valence-corrected chi connectivity index (χ4v) is 2.45. The van der Waals surface area contributed by atoms with Gasteiger partial charge in [-0.25, -0.2) is 8.42 Å². The van der Waals surface area contributed by atoms with Gasteiger partial charge in [-0.1, -0.05) is 36.4 Å². The molecule has 0 radical (unpaired) electrons. The van der Waals surface area contributed by atoms with E-state index in [1.807, 2.05) is 0 Å². The van der Waals surface area contributed by atoms with Crippen LogP contribution in [0.5, 0.6) is 0 Å². The van der Waals surface area contributed by atoms with Crippen molar-refractivity contribution in [2.45, 2.75) is 11.4 Å². The molecule has 0 bridgehead atoms. The molecular weight excluding hydrogens is 239 g/mol. The average molecular weight is 248 g/mol. The number of hydrogen-bond donors (Lipinski definition) is 1. The van der Waals surface area contributed by atoms with Gasteiger partial charge in [0.05, 0.1) is 0 Å². The largest absolute Gasteiger partial charge is 1.00 e. The van der Waals surface area contributed by atoms with Gasteiger partial charge in [0.1, 0.15) is 10.1 Å². The standard InChI is InChI=1S/C10H10O4S.Na/c11-10(15(12,13)14)7-3-5-8-4-1-2-6-9(8)10;/h1-6,11H,7H2,(H,12,13,14);/q;+1/p-1. The van der Waals surface area contributed by atoms with Crippen LogP contribution in [0.4, 0.5) is 0 Å². The van der Waals surface area contributed by atoms with Crippen LogP contribution in [0.3, 0.4) is 0 Å². The minimum absolute atomic E-state index is 0.